The molecule has 0 saturated heterocycles. The van der Waals surface area contributed by atoms with E-state index in [4.69, 9.17) is 4.74 Å². The van der Waals surface area contributed by atoms with Gasteiger partial charge in [0.1, 0.15) is 5.56 Å². The zero-order valence-corrected chi connectivity index (χ0v) is 13.7. The lowest BCUT2D eigenvalue weighted by Crippen LogP contribution is -2.24. The topological polar surface area (TPSA) is 88.3 Å². The maximum atomic E-state index is 11.8. The van der Waals surface area contributed by atoms with Crippen LogP contribution in [0.2, 0.25) is 0 Å². The van der Waals surface area contributed by atoms with Crippen LogP contribution in [-0.2, 0) is 9.53 Å². The Bertz CT molecular complexity index is 765. The Balaban J connectivity index is 1.88. The molecule has 2 rings (SSSR count). The maximum Gasteiger partial charge on any atom is 0.344 e. The molecule has 24 heavy (non-hydrogen) atoms. The van der Waals surface area contributed by atoms with E-state index in [1.807, 2.05) is 24.3 Å². The predicted octanol–water partition coefficient (Wildman–Crippen LogP) is 2.68. The molecule has 0 aliphatic heterocycles. The van der Waals surface area contributed by atoms with E-state index in [1.54, 1.807) is 0 Å². The van der Waals surface area contributed by atoms with Crippen molar-refractivity contribution in [2.24, 2.45) is 0 Å². The number of anilines is 1. The van der Waals surface area contributed by atoms with Crippen molar-refractivity contribution < 1.29 is 14.3 Å². The van der Waals surface area contributed by atoms with E-state index >= 15 is 0 Å². The van der Waals surface area contributed by atoms with Gasteiger partial charge < -0.3 is 15.0 Å². The van der Waals surface area contributed by atoms with Gasteiger partial charge in [0.25, 0.3) is 11.5 Å². The summed E-state index contributed by atoms with van der Waals surface area (Å²) in [5, 5.41) is 2.65. The molecule has 6 nitrogen and oxygen atoms in total. The van der Waals surface area contributed by atoms with Gasteiger partial charge in [-0.3, -0.25) is 9.59 Å². The molecular formula is C18H20N2O4. The second-order valence-electron chi connectivity index (χ2n) is 5.47. The highest BCUT2D eigenvalue weighted by Gasteiger charge is 2.13. The number of ether oxygens (including phenoxy) is 1. The molecule has 0 bridgehead atoms. The zero-order chi connectivity index (χ0) is 17.5. The molecule has 0 spiro atoms. The van der Waals surface area contributed by atoms with Crippen LogP contribution in [0.3, 0.4) is 0 Å². The van der Waals surface area contributed by atoms with Crippen molar-refractivity contribution in [3.63, 3.8) is 0 Å². The number of esters is 1. The number of aromatic nitrogens is 1. The third-order valence-corrected chi connectivity index (χ3v) is 3.75. The molecule has 126 valence electrons. The van der Waals surface area contributed by atoms with Crippen LogP contribution in [0.5, 0.6) is 0 Å². The zero-order valence-electron chi connectivity index (χ0n) is 13.7. The van der Waals surface area contributed by atoms with Crippen molar-refractivity contribution in [1.29, 1.82) is 0 Å². The number of aromatic amines is 1. The number of nitrogens with one attached hydrogen (secondary N) is 2. The SMILES string of the molecule is CC[C@@H](C)c1ccc(NC(=O)COC(=O)c2ccc[nH]c2=O)cc1. The van der Waals surface area contributed by atoms with Crippen molar-refractivity contribution in [3.8, 4) is 0 Å². The average molecular weight is 328 g/mol. The van der Waals surface area contributed by atoms with Gasteiger partial charge in [0.05, 0.1) is 0 Å². The lowest BCUT2D eigenvalue weighted by atomic mass is 9.99. The molecule has 6 heteroatoms. The fraction of sp³-hybridized carbons (Fsp3) is 0.278. The number of hydrogen-bond acceptors (Lipinski definition) is 4. The highest BCUT2D eigenvalue weighted by molar-refractivity contribution is 5.95. The lowest BCUT2D eigenvalue weighted by molar-refractivity contribution is -0.119. The number of rotatable bonds is 6. The first kappa shape index (κ1) is 17.5. The van der Waals surface area contributed by atoms with Crippen molar-refractivity contribution in [3.05, 3.63) is 64.1 Å². The number of pyridine rings is 1. The normalized spacial score (nSPS) is 11.6. The minimum atomic E-state index is -0.834. The van der Waals surface area contributed by atoms with E-state index in [1.165, 1.54) is 23.9 Å². The summed E-state index contributed by atoms with van der Waals surface area (Å²) in [6.45, 7) is 3.80. The quantitative estimate of drug-likeness (QED) is 0.798. The number of carbonyl (C=O) groups excluding carboxylic acids is 2. The van der Waals surface area contributed by atoms with Gasteiger partial charge in [-0.15, -0.1) is 0 Å². The molecular weight excluding hydrogens is 308 g/mol. The third kappa shape index (κ3) is 4.55. The highest BCUT2D eigenvalue weighted by atomic mass is 16.5. The van der Waals surface area contributed by atoms with E-state index in [0.717, 1.165) is 6.42 Å². The summed E-state index contributed by atoms with van der Waals surface area (Å²) in [6.07, 6.45) is 2.45. The Morgan fingerprint density at radius 1 is 1.21 bits per heavy atom. The summed E-state index contributed by atoms with van der Waals surface area (Å²) in [4.78, 5) is 37.4. The Morgan fingerprint density at radius 3 is 2.54 bits per heavy atom. The van der Waals surface area contributed by atoms with Crippen LogP contribution < -0.4 is 10.9 Å². The molecule has 0 saturated carbocycles. The Morgan fingerprint density at radius 2 is 1.92 bits per heavy atom. The fourth-order valence-electron chi connectivity index (χ4n) is 2.12. The first-order valence-electron chi connectivity index (χ1n) is 7.76. The standard InChI is InChI=1S/C18H20N2O4/c1-3-12(2)13-6-8-14(9-7-13)20-16(21)11-24-18(23)15-5-4-10-19-17(15)22/h4-10,12H,3,11H2,1-2H3,(H,19,22)(H,20,21)/t12-/m1/s1. The van der Waals surface area contributed by atoms with Gasteiger partial charge in [-0.2, -0.15) is 0 Å². The molecule has 1 heterocycles. The molecule has 1 amide bonds. The molecule has 0 fully saturated rings. The summed E-state index contributed by atoms with van der Waals surface area (Å²) < 4.78 is 4.85. The number of benzene rings is 1. The Labute approximate surface area is 139 Å². The number of hydrogen-bond donors (Lipinski definition) is 2. The van der Waals surface area contributed by atoms with Crippen molar-refractivity contribution in [1.82, 2.24) is 4.98 Å². The number of carbonyl (C=O) groups is 2. The van der Waals surface area contributed by atoms with Gasteiger partial charge in [0.2, 0.25) is 0 Å². The van der Waals surface area contributed by atoms with Crippen molar-refractivity contribution in [2.45, 2.75) is 26.2 Å². The molecule has 2 aromatic rings. The molecule has 1 aromatic heterocycles. The highest BCUT2D eigenvalue weighted by Crippen LogP contribution is 2.20. The van der Waals surface area contributed by atoms with E-state index in [9.17, 15) is 14.4 Å². The van der Waals surface area contributed by atoms with Crippen LogP contribution in [0.1, 0.15) is 42.1 Å². The minimum absolute atomic E-state index is 0.136. The molecule has 1 aromatic carbocycles. The van der Waals surface area contributed by atoms with Crippen LogP contribution in [0.4, 0.5) is 5.69 Å². The van der Waals surface area contributed by atoms with Crippen LogP contribution in [0.15, 0.2) is 47.4 Å². The minimum Gasteiger partial charge on any atom is -0.452 e. The predicted molar refractivity (Wildman–Crippen MR) is 91.1 cm³/mol. The van der Waals surface area contributed by atoms with Crippen LogP contribution in [0, 0.1) is 0 Å². The second kappa shape index (κ2) is 8.10. The first-order valence-corrected chi connectivity index (χ1v) is 7.76. The third-order valence-electron chi connectivity index (χ3n) is 3.75. The molecule has 0 radical (unpaired) electrons. The van der Waals surface area contributed by atoms with Gasteiger partial charge in [-0.25, -0.2) is 4.79 Å². The summed E-state index contributed by atoms with van der Waals surface area (Å²) in [7, 11) is 0. The Hall–Kier alpha value is -2.89. The summed E-state index contributed by atoms with van der Waals surface area (Å²) in [5.41, 5.74) is 1.14. The van der Waals surface area contributed by atoms with Gasteiger partial charge >= 0.3 is 5.97 Å². The average Bonchev–Trinajstić information content (AvgIpc) is 2.60. The van der Waals surface area contributed by atoms with Gasteiger partial charge in [-0.1, -0.05) is 26.0 Å². The second-order valence-corrected chi connectivity index (χ2v) is 5.47. The summed E-state index contributed by atoms with van der Waals surface area (Å²) >= 11 is 0. The summed E-state index contributed by atoms with van der Waals surface area (Å²) in [6, 6.07) is 10.4. The van der Waals surface area contributed by atoms with Gasteiger partial charge in [0.15, 0.2) is 6.61 Å². The van der Waals surface area contributed by atoms with Crippen molar-refractivity contribution in [2.75, 3.05) is 11.9 Å². The molecule has 2 N–H and O–H groups in total. The fourth-order valence-corrected chi connectivity index (χ4v) is 2.12. The molecule has 0 unspecified atom stereocenters. The van der Waals surface area contributed by atoms with E-state index in [-0.39, 0.29) is 5.56 Å². The number of H-pyrrole nitrogens is 1. The smallest absolute Gasteiger partial charge is 0.344 e. The molecule has 1 atom stereocenters. The van der Waals surface area contributed by atoms with E-state index < -0.39 is 24.0 Å². The molecule has 0 aliphatic rings. The maximum absolute atomic E-state index is 11.8. The van der Waals surface area contributed by atoms with E-state index in [2.05, 4.69) is 24.1 Å². The van der Waals surface area contributed by atoms with E-state index in [0.29, 0.717) is 11.6 Å². The summed E-state index contributed by atoms with van der Waals surface area (Å²) in [5.74, 6) is -0.842. The van der Waals surface area contributed by atoms with Crippen LogP contribution in [0.25, 0.3) is 0 Å². The lowest BCUT2D eigenvalue weighted by Gasteiger charge is -2.10. The van der Waals surface area contributed by atoms with Crippen LogP contribution in [-0.4, -0.2) is 23.5 Å². The number of amides is 1. The monoisotopic (exact) mass is 328 g/mol. The largest absolute Gasteiger partial charge is 0.452 e. The van der Waals surface area contributed by atoms with Gasteiger partial charge in [-0.05, 0) is 42.2 Å². The Kier molecular flexibility index (Phi) is 5.89. The van der Waals surface area contributed by atoms with Crippen molar-refractivity contribution >= 4 is 17.6 Å². The van der Waals surface area contributed by atoms with Gasteiger partial charge in [0, 0.05) is 11.9 Å². The molecule has 0 aliphatic carbocycles. The first-order chi connectivity index (χ1) is 11.5. The van der Waals surface area contributed by atoms with Crippen LogP contribution >= 0.6 is 0 Å².